The first-order valence-corrected chi connectivity index (χ1v) is 6.16. The Balaban J connectivity index is 2.02. The van der Waals surface area contributed by atoms with Gasteiger partial charge in [-0.05, 0) is 49.7 Å². The van der Waals surface area contributed by atoms with E-state index in [2.05, 4.69) is 11.4 Å². The molecule has 1 N–H and O–H groups in total. The number of rotatable bonds is 4. The number of Topliss-reactive ketones (excluding diaryl/α,β-unsaturated/α-hetero) is 1. The van der Waals surface area contributed by atoms with Gasteiger partial charge in [-0.25, -0.2) is 4.39 Å². The van der Waals surface area contributed by atoms with Crippen molar-refractivity contribution >= 4 is 11.5 Å². The van der Waals surface area contributed by atoms with Crippen LogP contribution in [0.5, 0.6) is 0 Å². The number of carbonyl (C=O) groups excluding carboxylic acids is 1. The Kier molecular flexibility index (Phi) is 3.95. The van der Waals surface area contributed by atoms with E-state index in [9.17, 15) is 9.18 Å². The molecule has 0 spiro atoms. The third-order valence-electron chi connectivity index (χ3n) is 2.99. The molecular formula is C16H16FNO. The Morgan fingerprint density at radius 2 is 1.79 bits per heavy atom. The molecule has 3 heteroatoms. The largest absolute Gasteiger partial charge is 0.377 e. The Morgan fingerprint density at radius 3 is 2.42 bits per heavy atom. The van der Waals surface area contributed by atoms with Gasteiger partial charge in [0.2, 0.25) is 0 Å². The molecule has 98 valence electrons. The molecule has 2 nitrogen and oxygen atoms in total. The van der Waals surface area contributed by atoms with Crippen LogP contribution in [-0.4, -0.2) is 12.3 Å². The Bertz CT molecular complexity index is 590. The van der Waals surface area contributed by atoms with E-state index in [4.69, 9.17) is 0 Å². The fraction of sp³-hybridized carbons (Fsp3) is 0.188. The number of ketones is 1. The summed E-state index contributed by atoms with van der Waals surface area (Å²) in [6.45, 7) is 4.23. The van der Waals surface area contributed by atoms with E-state index in [1.807, 2.05) is 26.0 Å². The van der Waals surface area contributed by atoms with Gasteiger partial charge in [0, 0.05) is 11.3 Å². The molecule has 0 saturated heterocycles. The van der Waals surface area contributed by atoms with Gasteiger partial charge in [0.25, 0.3) is 0 Å². The smallest absolute Gasteiger partial charge is 0.181 e. The van der Waals surface area contributed by atoms with Crippen LogP contribution in [0.25, 0.3) is 0 Å². The molecule has 0 fully saturated rings. The average Bonchev–Trinajstić information content (AvgIpc) is 2.38. The van der Waals surface area contributed by atoms with Crippen molar-refractivity contribution in [3.63, 3.8) is 0 Å². The molecule has 0 heterocycles. The van der Waals surface area contributed by atoms with Crippen molar-refractivity contribution in [3.8, 4) is 0 Å². The molecule has 0 aliphatic heterocycles. The van der Waals surface area contributed by atoms with Gasteiger partial charge < -0.3 is 5.32 Å². The van der Waals surface area contributed by atoms with Gasteiger partial charge in [0.05, 0.1) is 6.54 Å². The molecule has 0 bridgehead atoms. The lowest BCUT2D eigenvalue weighted by Crippen LogP contribution is -2.14. The van der Waals surface area contributed by atoms with E-state index in [1.54, 1.807) is 0 Å². The highest BCUT2D eigenvalue weighted by Gasteiger charge is 2.06. The second-order valence-corrected chi connectivity index (χ2v) is 4.60. The molecule has 2 aromatic rings. The van der Waals surface area contributed by atoms with Crippen LogP contribution in [0.1, 0.15) is 21.5 Å². The minimum Gasteiger partial charge on any atom is -0.377 e. The summed E-state index contributed by atoms with van der Waals surface area (Å²) in [4.78, 5) is 11.9. The summed E-state index contributed by atoms with van der Waals surface area (Å²) in [5.74, 6) is -0.390. The van der Waals surface area contributed by atoms with E-state index < -0.39 is 0 Å². The van der Waals surface area contributed by atoms with Crippen LogP contribution in [0.3, 0.4) is 0 Å². The second kappa shape index (κ2) is 5.65. The lowest BCUT2D eigenvalue weighted by atomic mass is 10.1. The fourth-order valence-corrected chi connectivity index (χ4v) is 1.93. The van der Waals surface area contributed by atoms with Gasteiger partial charge in [0.1, 0.15) is 5.82 Å². The van der Waals surface area contributed by atoms with Crippen molar-refractivity contribution in [1.82, 2.24) is 0 Å². The highest BCUT2D eigenvalue weighted by molar-refractivity contribution is 5.99. The summed E-state index contributed by atoms with van der Waals surface area (Å²) in [7, 11) is 0. The zero-order valence-corrected chi connectivity index (χ0v) is 11.0. The second-order valence-electron chi connectivity index (χ2n) is 4.60. The number of anilines is 1. The maximum atomic E-state index is 12.8. The number of aryl methyl sites for hydroxylation is 2. The fourth-order valence-electron chi connectivity index (χ4n) is 1.93. The van der Waals surface area contributed by atoms with E-state index in [1.165, 1.54) is 29.8 Å². The quantitative estimate of drug-likeness (QED) is 0.845. The van der Waals surface area contributed by atoms with E-state index in [-0.39, 0.29) is 18.1 Å². The molecule has 0 saturated carbocycles. The molecule has 2 aromatic carbocycles. The molecular weight excluding hydrogens is 241 g/mol. The van der Waals surface area contributed by atoms with Crippen LogP contribution in [0.2, 0.25) is 0 Å². The van der Waals surface area contributed by atoms with E-state index in [0.29, 0.717) is 5.56 Å². The first-order chi connectivity index (χ1) is 9.06. The lowest BCUT2D eigenvalue weighted by Gasteiger charge is -2.09. The standard InChI is InChI=1S/C16H16FNO/c1-11-3-8-15(12(2)9-11)18-10-16(19)13-4-6-14(17)7-5-13/h3-9,18H,10H2,1-2H3. The predicted octanol–water partition coefficient (Wildman–Crippen LogP) is 3.74. The van der Waals surface area contributed by atoms with Gasteiger partial charge in [-0.3, -0.25) is 4.79 Å². The van der Waals surface area contributed by atoms with E-state index in [0.717, 1.165) is 11.3 Å². The minimum atomic E-state index is -0.334. The van der Waals surface area contributed by atoms with Crippen LogP contribution < -0.4 is 5.32 Å². The van der Waals surface area contributed by atoms with Crippen LogP contribution in [-0.2, 0) is 0 Å². The molecule has 0 unspecified atom stereocenters. The third-order valence-corrected chi connectivity index (χ3v) is 2.99. The SMILES string of the molecule is Cc1ccc(NCC(=O)c2ccc(F)cc2)c(C)c1. The maximum absolute atomic E-state index is 12.8. The van der Waals surface area contributed by atoms with Gasteiger partial charge in [-0.2, -0.15) is 0 Å². The highest BCUT2D eigenvalue weighted by Crippen LogP contribution is 2.16. The number of carbonyl (C=O) groups is 1. The van der Waals surface area contributed by atoms with Crippen LogP contribution in [0, 0.1) is 19.7 Å². The lowest BCUT2D eigenvalue weighted by molar-refractivity contribution is 0.101. The summed E-state index contributed by atoms with van der Waals surface area (Å²) in [5.41, 5.74) is 3.75. The van der Waals surface area contributed by atoms with Crippen molar-refractivity contribution < 1.29 is 9.18 Å². The van der Waals surface area contributed by atoms with Gasteiger partial charge in [-0.15, -0.1) is 0 Å². The Morgan fingerprint density at radius 1 is 1.11 bits per heavy atom. The van der Waals surface area contributed by atoms with Crippen molar-refractivity contribution in [1.29, 1.82) is 0 Å². The minimum absolute atomic E-state index is 0.0556. The summed E-state index contributed by atoms with van der Waals surface area (Å²) >= 11 is 0. The van der Waals surface area contributed by atoms with Crippen LogP contribution >= 0.6 is 0 Å². The number of nitrogens with one attached hydrogen (secondary N) is 1. The molecule has 0 amide bonds. The average molecular weight is 257 g/mol. The molecule has 0 radical (unpaired) electrons. The van der Waals surface area contributed by atoms with Gasteiger partial charge in [0.15, 0.2) is 5.78 Å². The molecule has 0 aromatic heterocycles. The first kappa shape index (κ1) is 13.3. The topological polar surface area (TPSA) is 29.1 Å². The molecule has 2 rings (SSSR count). The zero-order chi connectivity index (χ0) is 13.8. The summed E-state index contributed by atoms with van der Waals surface area (Å²) in [6.07, 6.45) is 0. The summed E-state index contributed by atoms with van der Waals surface area (Å²) in [6, 6.07) is 11.6. The van der Waals surface area contributed by atoms with Crippen molar-refractivity contribution in [2.24, 2.45) is 0 Å². The van der Waals surface area contributed by atoms with Crippen molar-refractivity contribution in [3.05, 3.63) is 65.0 Å². The Hall–Kier alpha value is -2.16. The Labute approximate surface area is 112 Å². The number of hydrogen-bond acceptors (Lipinski definition) is 2. The van der Waals surface area contributed by atoms with Crippen molar-refractivity contribution in [2.45, 2.75) is 13.8 Å². The normalized spacial score (nSPS) is 10.3. The molecule has 0 aliphatic carbocycles. The monoisotopic (exact) mass is 257 g/mol. The number of benzene rings is 2. The molecule has 0 aliphatic rings. The first-order valence-electron chi connectivity index (χ1n) is 6.16. The summed E-state index contributed by atoms with van der Waals surface area (Å²) < 4.78 is 12.8. The number of hydrogen-bond donors (Lipinski definition) is 1. The zero-order valence-electron chi connectivity index (χ0n) is 11.0. The van der Waals surface area contributed by atoms with Crippen LogP contribution in [0.4, 0.5) is 10.1 Å². The molecule has 0 atom stereocenters. The third kappa shape index (κ3) is 3.41. The van der Waals surface area contributed by atoms with Crippen LogP contribution in [0.15, 0.2) is 42.5 Å². The number of halogens is 1. The molecule has 19 heavy (non-hydrogen) atoms. The van der Waals surface area contributed by atoms with Gasteiger partial charge >= 0.3 is 0 Å². The predicted molar refractivity (Wildman–Crippen MR) is 75.1 cm³/mol. The van der Waals surface area contributed by atoms with E-state index >= 15 is 0 Å². The van der Waals surface area contributed by atoms with Crippen molar-refractivity contribution in [2.75, 3.05) is 11.9 Å². The van der Waals surface area contributed by atoms with Gasteiger partial charge in [-0.1, -0.05) is 17.7 Å². The summed E-state index contributed by atoms with van der Waals surface area (Å²) in [5, 5.41) is 3.11. The maximum Gasteiger partial charge on any atom is 0.181 e. The highest BCUT2D eigenvalue weighted by atomic mass is 19.1.